The van der Waals surface area contributed by atoms with Crippen LogP contribution in [0.2, 0.25) is 0 Å². The molecule has 1 heterocycles. The van der Waals surface area contributed by atoms with Crippen molar-refractivity contribution in [3.05, 3.63) is 60.2 Å². The fourth-order valence-corrected chi connectivity index (χ4v) is 2.81. The van der Waals surface area contributed by atoms with Gasteiger partial charge in [-0.2, -0.15) is 0 Å². The van der Waals surface area contributed by atoms with Crippen LogP contribution in [-0.2, 0) is 6.54 Å². The second kappa shape index (κ2) is 6.77. The fraction of sp³-hybridized carbons (Fsp3) is 0.368. The Morgan fingerprint density at radius 3 is 2.43 bits per heavy atom. The summed E-state index contributed by atoms with van der Waals surface area (Å²) in [5.74, 6) is 2.69. The molecule has 0 saturated carbocycles. The van der Waals surface area contributed by atoms with E-state index in [0.717, 1.165) is 24.0 Å². The second-order valence-corrected chi connectivity index (χ2v) is 6.02. The molecule has 1 saturated heterocycles. The van der Waals surface area contributed by atoms with E-state index in [4.69, 9.17) is 4.74 Å². The normalized spacial score (nSPS) is 16.8. The van der Waals surface area contributed by atoms with Crippen molar-refractivity contribution in [2.24, 2.45) is 5.92 Å². The van der Waals surface area contributed by atoms with E-state index in [0.29, 0.717) is 0 Å². The zero-order valence-electron chi connectivity index (χ0n) is 12.7. The number of rotatable bonds is 4. The Bertz CT molecular complexity index is 559. The molecule has 0 aromatic heterocycles. The van der Waals surface area contributed by atoms with Crippen LogP contribution in [0.5, 0.6) is 11.5 Å². The number of likely N-dealkylation sites (tertiary alicyclic amines) is 1. The van der Waals surface area contributed by atoms with E-state index in [1.807, 2.05) is 36.4 Å². The van der Waals surface area contributed by atoms with Crippen LogP contribution in [0.1, 0.15) is 25.3 Å². The minimum absolute atomic E-state index is 0.883. The lowest BCUT2D eigenvalue weighted by Crippen LogP contribution is -2.32. The Balaban J connectivity index is 1.63. The highest BCUT2D eigenvalue weighted by atomic mass is 16.5. The van der Waals surface area contributed by atoms with Crippen LogP contribution in [0.15, 0.2) is 54.6 Å². The van der Waals surface area contributed by atoms with Gasteiger partial charge in [0.25, 0.3) is 0 Å². The van der Waals surface area contributed by atoms with E-state index in [2.05, 4.69) is 30.0 Å². The van der Waals surface area contributed by atoms with Crippen molar-refractivity contribution < 1.29 is 4.74 Å². The van der Waals surface area contributed by atoms with E-state index in [-0.39, 0.29) is 0 Å². The van der Waals surface area contributed by atoms with Crippen molar-refractivity contribution in [2.75, 3.05) is 13.1 Å². The van der Waals surface area contributed by atoms with Gasteiger partial charge in [-0.15, -0.1) is 0 Å². The monoisotopic (exact) mass is 281 g/mol. The van der Waals surface area contributed by atoms with Crippen LogP contribution in [-0.4, -0.2) is 18.0 Å². The molecule has 0 radical (unpaired) electrons. The van der Waals surface area contributed by atoms with Crippen molar-refractivity contribution in [3.63, 3.8) is 0 Å². The summed E-state index contributed by atoms with van der Waals surface area (Å²) in [6.07, 6.45) is 2.64. The maximum absolute atomic E-state index is 5.91. The molecule has 21 heavy (non-hydrogen) atoms. The molecule has 2 nitrogen and oxygen atoms in total. The summed E-state index contributed by atoms with van der Waals surface area (Å²) in [5.41, 5.74) is 1.33. The number of hydrogen-bond donors (Lipinski definition) is 0. The zero-order chi connectivity index (χ0) is 14.5. The van der Waals surface area contributed by atoms with Gasteiger partial charge in [-0.1, -0.05) is 37.3 Å². The van der Waals surface area contributed by atoms with Gasteiger partial charge in [0.15, 0.2) is 0 Å². The Hall–Kier alpha value is -1.80. The molecule has 1 aliphatic rings. The maximum atomic E-state index is 5.91. The van der Waals surface area contributed by atoms with Crippen LogP contribution in [0.3, 0.4) is 0 Å². The highest BCUT2D eigenvalue weighted by Gasteiger charge is 2.15. The van der Waals surface area contributed by atoms with Crippen molar-refractivity contribution in [3.8, 4) is 11.5 Å². The molecule has 0 spiro atoms. The van der Waals surface area contributed by atoms with Gasteiger partial charge in [0.1, 0.15) is 11.5 Å². The van der Waals surface area contributed by atoms with Gasteiger partial charge in [0.2, 0.25) is 0 Å². The summed E-state index contributed by atoms with van der Waals surface area (Å²) < 4.78 is 5.91. The topological polar surface area (TPSA) is 12.5 Å². The lowest BCUT2D eigenvalue weighted by atomic mass is 9.99. The van der Waals surface area contributed by atoms with Crippen LogP contribution >= 0.6 is 0 Å². The molecule has 0 unspecified atom stereocenters. The van der Waals surface area contributed by atoms with Gasteiger partial charge in [-0.25, -0.2) is 0 Å². The van der Waals surface area contributed by atoms with E-state index in [1.165, 1.54) is 31.5 Å². The van der Waals surface area contributed by atoms with Gasteiger partial charge in [0, 0.05) is 6.54 Å². The molecule has 0 aliphatic carbocycles. The zero-order valence-corrected chi connectivity index (χ0v) is 12.7. The second-order valence-electron chi connectivity index (χ2n) is 6.02. The third-order valence-electron chi connectivity index (χ3n) is 4.16. The minimum Gasteiger partial charge on any atom is -0.457 e. The molecule has 0 bridgehead atoms. The van der Waals surface area contributed by atoms with Gasteiger partial charge in [0.05, 0.1) is 0 Å². The summed E-state index contributed by atoms with van der Waals surface area (Å²) >= 11 is 0. The van der Waals surface area contributed by atoms with Gasteiger partial charge >= 0.3 is 0 Å². The molecule has 3 rings (SSSR count). The highest BCUT2D eigenvalue weighted by molar-refractivity contribution is 5.33. The summed E-state index contributed by atoms with van der Waals surface area (Å²) in [5, 5.41) is 0. The summed E-state index contributed by atoms with van der Waals surface area (Å²) in [6.45, 7) is 5.81. The molecule has 1 aliphatic heterocycles. The first-order chi connectivity index (χ1) is 10.3. The number of benzene rings is 2. The first kappa shape index (κ1) is 14.2. The quantitative estimate of drug-likeness (QED) is 0.804. The third kappa shape index (κ3) is 4.08. The molecular weight excluding hydrogens is 258 g/mol. The van der Waals surface area contributed by atoms with Crippen molar-refractivity contribution in [2.45, 2.75) is 26.3 Å². The predicted molar refractivity (Wildman–Crippen MR) is 86.6 cm³/mol. The molecule has 2 aromatic carbocycles. The van der Waals surface area contributed by atoms with Gasteiger partial charge in [-0.05, 0) is 61.7 Å². The first-order valence-corrected chi connectivity index (χ1v) is 7.84. The molecule has 110 valence electrons. The Kier molecular flexibility index (Phi) is 4.56. The number of ether oxygens (including phenoxy) is 1. The lowest BCUT2D eigenvalue weighted by Gasteiger charge is -2.30. The largest absolute Gasteiger partial charge is 0.457 e. The van der Waals surface area contributed by atoms with E-state index in [9.17, 15) is 0 Å². The Morgan fingerprint density at radius 1 is 0.952 bits per heavy atom. The SMILES string of the molecule is CC1CCN(Cc2cccc(Oc3ccccc3)c2)CC1. The minimum atomic E-state index is 0.883. The molecule has 0 atom stereocenters. The highest BCUT2D eigenvalue weighted by Crippen LogP contribution is 2.23. The average molecular weight is 281 g/mol. The number of piperidine rings is 1. The van der Waals surface area contributed by atoms with Crippen molar-refractivity contribution >= 4 is 0 Å². The smallest absolute Gasteiger partial charge is 0.127 e. The van der Waals surface area contributed by atoms with Crippen LogP contribution in [0.25, 0.3) is 0 Å². The maximum Gasteiger partial charge on any atom is 0.127 e. The molecular formula is C19H23NO. The van der Waals surface area contributed by atoms with E-state index >= 15 is 0 Å². The predicted octanol–water partition coefficient (Wildman–Crippen LogP) is 4.71. The number of nitrogens with zero attached hydrogens (tertiary/aromatic N) is 1. The number of hydrogen-bond acceptors (Lipinski definition) is 2. The molecule has 2 aromatic rings. The summed E-state index contributed by atoms with van der Waals surface area (Å²) in [7, 11) is 0. The number of para-hydroxylation sites is 1. The van der Waals surface area contributed by atoms with Crippen molar-refractivity contribution in [1.29, 1.82) is 0 Å². The van der Waals surface area contributed by atoms with Crippen LogP contribution < -0.4 is 4.74 Å². The van der Waals surface area contributed by atoms with E-state index in [1.54, 1.807) is 0 Å². The lowest BCUT2D eigenvalue weighted by molar-refractivity contribution is 0.185. The average Bonchev–Trinajstić information content (AvgIpc) is 2.51. The summed E-state index contributed by atoms with van der Waals surface area (Å²) in [6, 6.07) is 18.4. The molecule has 0 amide bonds. The summed E-state index contributed by atoms with van der Waals surface area (Å²) in [4.78, 5) is 2.54. The molecule has 1 fully saturated rings. The fourth-order valence-electron chi connectivity index (χ4n) is 2.81. The standard InChI is InChI=1S/C19H23NO/c1-16-10-12-20(13-11-16)15-17-6-5-9-19(14-17)21-18-7-3-2-4-8-18/h2-9,14,16H,10-13,15H2,1H3. The Labute approximate surface area is 127 Å². The Morgan fingerprint density at radius 2 is 1.67 bits per heavy atom. The first-order valence-electron chi connectivity index (χ1n) is 7.84. The molecule has 2 heteroatoms. The van der Waals surface area contributed by atoms with Gasteiger partial charge in [-0.3, -0.25) is 4.90 Å². The van der Waals surface area contributed by atoms with Crippen LogP contribution in [0.4, 0.5) is 0 Å². The van der Waals surface area contributed by atoms with Crippen LogP contribution in [0, 0.1) is 5.92 Å². The third-order valence-corrected chi connectivity index (χ3v) is 4.16. The van der Waals surface area contributed by atoms with Crippen molar-refractivity contribution in [1.82, 2.24) is 4.90 Å². The van der Waals surface area contributed by atoms with E-state index < -0.39 is 0 Å². The molecule has 0 N–H and O–H groups in total. The van der Waals surface area contributed by atoms with Gasteiger partial charge < -0.3 is 4.74 Å².